The van der Waals surface area contributed by atoms with Crippen LogP contribution in [-0.2, 0) is 0 Å². The van der Waals surface area contributed by atoms with Gasteiger partial charge in [0, 0.05) is 11.9 Å². The average Bonchev–Trinajstić information content (AvgIpc) is 1.94. The van der Waals surface area contributed by atoms with Crippen LogP contribution in [0, 0.1) is 0 Å². The molecule has 0 aromatic heterocycles. The molecule has 0 aromatic rings. The zero-order chi connectivity index (χ0) is 6.10. The first kappa shape index (κ1) is 4.86. The summed E-state index contributed by atoms with van der Waals surface area (Å²) in [5.41, 5.74) is 2.69. The molecule has 2 aliphatic rings. The Hall–Kier alpha value is -0.980. The first-order chi connectivity index (χ1) is 4.47. The van der Waals surface area contributed by atoms with Gasteiger partial charge in [0.25, 0.3) is 0 Å². The molecule has 1 aliphatic heterocycles. The Labute approximate surface area is 54.8 Å². The Morgan fingerprint density at radius 3 is 3.00 bits per heavy atom. The molecule has 0 amide bonds. The van der Waals surface area contributed by atoms with Crippen LogP contribution in [0.3, 0.4) is 0 Å². The molecule has 1 heterocycles. The van der Waals surface area contributed by atoms with Crippen molar-refractivity contribution in [3.05, 3.63) is 35.7 Å². The Morgan fingerprint density at radius 2 is 2.22 bits per heavy atom. The molecule has 45 valence electrons. The van der Waals surface area contributed by atoms with Gasteiger partial charge in [-0.2, -0.15) is 0 Å². The maximum Gasteiger partial charge on any atom is 0.0438 e. The zero-order valence-corrected chi connectivity index (χ0v) is 5.17. The van der Waals surface area contributed by atoms with Crippen molar-refractivity contribution < 1.29 is 0 Å². The second-order valence-corrected chi connectivity index (χ2v) is 2.30. The lowest BCUT2D eigenvalue weighted by Gasteiger charge is -2.17. The third kappa shape index (κ3) is 0.689. The molecule has 0 N–H and O–H groups in total. The molecule has 1 radical (unpaired) electrons. The molecule has 1 nitrogen and oxygen atoms in total. The molecule has 0 fully saturated rings. The summed E-state index contributed by atoms with van der Waals surface area (Å²) in [6.07, 6.45) is 10.4. The van der Waals surface area contributed by atoms with E-state index in [-0.39, 0.29) is 0 Å². The van der Waals surface area contributed by atoms with E-state index in [0.29, 0.717) is 0 Å². The lowest BCUT2D eigenvalue weighted by Crippen LogP contribution is -2.08. The maximum absolute atomic E-state index is 4.23. The van der Waals surface area contributed by atoms with Gasteiger partial charge in [-0.1, -0.05) is 12.2 Å². The third-order valence-corrected chi connectivity index (χ3v) is 1.73. The molecule has 0 aromatic carbocycles. The molecule has 0 bridgehead atoms. The molecule has 1 heteroatoms. The van der Waals surface area contributed by atoms with E-state index in [9.17, 15) is 0 Å². The van der Waals surface area contributed by atoms with E-state index < -0.39 is 0 Å². The predicted molar refractivity (Wildman–Crippen MR) is 36.7 cm³/mol. The Morgan fingerprint density at radius 1 is 1.22 bits per heavy atom. The SMILES string of the molecule is C1=C[N]C2=C(C=C1)CC2. The number of hydrogen-bond acceptors (Lipinski definition) is 0. The molecule has 2 rings (SSSR count). The van der Waals surface area contributed by atoms with E-state index in [0.717, 1.165) is 0 Å². The number of rotatable bonds is 0. The average molecular weight is 118 g/mol. The molecule has 0 saturated carbocycles. The van der Waals surface area contributed by atoms with Crippen LogP contribution in [0.4, 0.5) is 0 Å². The fourth-order valence-corrected chi connectivity index (χ4v) is 1.06. The smallest absolute Gasteiger partial charge is 0.0438 e. The number of allylic oxidation sites excluding steroid dienone is 5. The monoisotopic (exact) mass is 118 g/mol. The number of hydrogen-bond donors (Lipinski definition) is 0. The zero-order valence-electron chi connectivity index (χ0n) is 5.17. The maximum atomic E-state index is 4.23. The fraction of sp³-hybridized carbons (Fsp3) is 0.250. The van der Waals surface area contributed by atoms with Crippen LogP contribution in [0.2, 0.25) is 0 Å². The normalized spacial score (nSPS) is 22.2. The molecule has 0 unspecified atom stereocenters. The largest absolute Gasteiger partial charge is 0.261 e. The predicted octanol–water partition coefficient (Wildman–Crippen LogP) is 1.72. The van der Waals surface area contributed by atoms with Gasteiger partial charge in [0.05, 0.1) is 0 Å². The summed E-state index contributed by atoms with van der Waals surface area (Å²) in [4.78, 5) is 0. The molecule has 0 saturated heterocycles. The van der Waals surface area contributed by atoms with Gasteiger partial charge in [-0.15, -0.1) is 0 Å². The minimum atomic E-state index is 1.17. The van der Waals surface area contributed by atoms with Crippen molar-refractivity contribution in [2.75, 3.05) is 0 Å². The second kappa shape index (κ2) is 1.76. The summed E-state index contributed by atoms with van der Waals surface area (Å²) >= 11 is 0. The second-order valence-electron chi connectivity index (χ2n) is 2.30. The van der Waals surface area contributed by atoms with Gasteiger partial charge in [0.1, 0.15) is 0 Å². The van der Waals surface area contributed by atoms with E-state index in [1.165, 1.54) is 24.1 Å². The molecular formula is C8H8N. The van der Waals surface area contributed by atoms with Crippen LogP contribution in [0.15, 0.2) is 35.7 Å². The van der Waals surface area contributed by atoms with Gasteiger partial charge in [0.2, 0.25) is 0 Å². The summed E-state index contributed by atoms with van der Waals surface area (Å²) in [5, 5.41) is 4.23. The molecule has 1 aliphatic carbocycles. The van der Waals surface area contributed by atoms with Gasteiger partial charge < -0.3 is 0 Å². The topological polar surface area (TPSA) is 14.1 Å². The molecule has 9 heavy (non-hydrogen) atoms. The van der Waals surface area contributed by atoms with Crippen molar-refractivity contribution in [3.63, 3.8) is 0 Å². The lowest BCUT2D eigenvalue weighted by molar-refractivity contribution is 0.751. The van der Waals surface area contributed by atoms with E-state index in [4.69, 9.17) is 0 Å². The van der Waals surface area contributed by atoms with E-state index in [2.05, 4.69) is 11.4 Å². The Bertz CT molecular complexity index is 209. The Kier molecular flexibility index (Phi) is 0.950. The fourth-order valence-electron chi connectivity index (χ4n) is 1.06. The summed E-state index contributed by atoms with van der Waals surface area (Å²) < 4.78 is 0. The van der Waals surface area contributed by atoms with E-state index in [1.807, 2.05) is 18.4 Å². The van der Waals surface area contributed by atoms with Crippen LogP contribution in [0.1, 0.15) is 12.8 Å². The summed E-state index contributed by atoms with van der Waals surface area (Å²) in [7, 11) is 0. The van der Waals surface area contributed by atoms with Gasteiger partial charge in [-0.25, -0.2) is 0 Å². The summed E-state index contributed by atoms with van der Waals surface area (Å²) in [6, 6.07) is 0. The van der Waals surface area contributed by atoms with Crippen molar-refractivity contribution in [1.82, 2.24) is 5.32 Å². The van der Waals surface area contributed by atoms with Crippen LogP contribution in [0.25, 0.3) is 0 Å². The van der Waals surface area contributed by atoms with Crippen molar-refractivity contribution >= 4 is 0 Å². The molecule has 0 atom stereocenters. The van der Waals surface area contributed by atoms with Crippen LogP contribution >= 0.6 is 0 Å². The van der Waals surface area contributed by atoms with Crippen LogP contribution in [0.5, 0.6) is 0 Å². The first-order valence-corrected chi connectivity index (χ1v) is 3.23. The van der Waals surface area contributed by atoms with E-state index in [1.54, 1.807) is 0 Å². The Balaban J connectivity index is 2.32. The highest BCUT2D eigenvalue weighted by molar-refractivity contribution is 5.36. The molecular weight excluding hydrogens is 110 g/mol. The summed E-state index contributed by atoms with van der Waals surface area (Å²) in [6.45, 7) is 0. The van der Waals surface area contributed by atoms with Gasteiger partial charge in [-0.05, 0) is 24.5 Å². The van der Waals surface area contributed by atoms with Gasteiger partial charge in [-0.3, -0.25) is 5.32 Å². The van der Waals surface area contributed by atoms with Crippen LogP contribution in [-0.4, -0.2) is 0 Å². The van der Waals surface area contributed by atoms with Crippen molar-refractivity contribution in [2.24, 2.45) is 0 Å². The highest BCUT2D eigenvalue weighted by atomic mass is 14.9. The molecule has 0 spiro atoms. The quantitative estimate of drug-likeness (QED) is 0.460. The minimum absolute atomic E-state index is 1.17. The third-order valence-electron chi connectivity index (χ3n) is 1.73. The number of nitrogens with zero attached hydrogens (tertiary/aromatic N) is 1. The minimum Gasteiger partial charge on any atom is -0.261 e. The van der Waals surface area contributed by atoms with Crippen molar-refractivity contribution in [2.45, 2.75) is 12.8 Å². The highest BCUT2D eigenvalue weighted by Crippen LogP contribution is 2.28. The standard InChI is InChI=1S/C8H8N/c1-2-6-9-8-5-4-7(8)3-1/h1-3,6H,4-5H2. The van der Waals surface area contributed by atoms with E-state index >= 15 is 0 Å². The first-order valence-electron chi connectivity index (χ1n) is 3.23. The van der Waals surface area contributed by atoms with Crippen LogP contribution < -0.4 is 5.32 Å². The van der Waals surface area contributed by atoms with Gasteiger partial charge in [0.15, 0.2) is 0 Å². The highest BCUT2D eigenvalue weighted by Gasteiger charge is 2.14. The summed E-state index contributed by atoms with van der Waals surface area (Å²) in [5.74, 6) is 0. The lowest BCUT2D eigenvalue weighted by atomic mass is 9.94. The van der Waals surface area contributed by atoms with Crippen molar-refractivity contribution in [3.8, 4) is 0 Å². The van der Waals surface area contributed by atoms with Crippen molar-refractivity contribution in [1.29, 1.82) is 0 Å². The van der Waals surface area contributed by atoms with Gasteiger partial charge >= 0.3 is 0 Å².